The molecule has 1 aliphatic rings. The van der Waals surface area contributed by atoms with Gasteiger partial charge in [0.25, 0.3) is 5.91 Å². The third kappa shape index (κ3) is 11.3. The highest BCUT2D eigenvalue weighted by molar-refractivity contribution is 5.97. The molecular weight excluding hydrogens is 549 g/mol. The summed E-state index contributed by atoms with van der Waals surface area (Å²) in [5.74, 6) is -1.86. The molecule has 236 valence electrons. The maximum absolute atomic E-state index is 13.5. The molecule has 0 bridgehead atoms. The summed E-state index contributed by atoms with van der Waals surface area (Å²) in [5, 5.41) is 30.4. The number of carbonyl (C=O) groups is 3. The minimum Gasteiger partial charge on any atom is -0.507 e. The fraction of sp³-hybridized carbons (Fsp3) is 0.559. The predicted molar refractivity (Wildman–Crippen MR) is 165 cm³/mol. The summed E-state index contributed by atoms with van der Waals surface area (Å²) in [6.07, 6.45) is 8.24. The van der Waals surface area contributed by atoms with Gasteiger partial charge >= 0.3 is 0 Å². The molecule has 0 aromatic heterocycles. The number of carbonyl (C=O) groups excluding carboxylic acids is 3. The van der Waals surface area contributed by atoms with Gasteiger partial charge < -0.3 is 26.2 Å². The Balaban J connectivity index is 1.78. The Morgan fingerprint density at radius 3 is 2.30 bits per heavy atom. The lowest BCUT2D eigenvalue weighted by molar-refractivity contribution is -0.129. The Labute approximate surface area is 254 Å². The van der Waals surface area contributed by atoms with Crippen LogP contribution in [0.15, 0.2) is 48.5 Å². The molecule has 43 heavy (non-hydrogen) atoms. The van der Waals surface area contributed by atoms with E-state index in [-0.39, 0.29) is 29.7 Å². The van der Waals surface area contributed by atoms with Gasteiger partial charge in [0.1, 0.15) is 17.6 Å². The van der Waals surface area contributed by atoms with Crippen LogP contribution in [0.5, 0.6) is 5.75 Å². The first-order valence-corrected chi connectivity index (χ1v) is 15.6. The molecule has 1 fully saturated rings. The number of hydrogen-bond donors (Lipinski definition) is 5. The van der Waals surface area contributed by atoms with Crippen LogP contribution >= 0.6 is 0 Å². The highest BCUT2D eigenvalue weighted by Crippen LogP contribution is 2.28. The van der Waals surface area contributed by atoms with Crippen molar-refractivity contribution in [2.24, 2.45) is 11.8 Å². The second-order valence-corrected chi connectivity index (χ2v) is 12.3. The molecule has 1 saturated carbocycles. The van der Waals surface area contributed by atoms with Crippen molar-refractivity contribution in [3.8, 4) is 5.75 Å². The molecule has 9 heteroatoms. The summed E-state index contributed by atoms with van der Waals surface area (Å²) in [6.45, 7) is 5.11. The van der Waals surface area contributed by atoms with Crippen molar-refractivity contribution >= 4 is 17.7 Å². The minimum atomic E-state index is -1.05. The van der Waals surface area contributed by atoms with Crippen molar-refractivity contribution < 1.29 is 29.0 Å². The molecule has 0 unspecified atom stereocenters. The molecule has 0 heterocycles. The number of phenols is 1. The first kappa shape index (κ1) is 34.0. The van der Waals surface area contributed by atoms with Gasteiger partial charge in [-0.1, -0.05) is 89.1 Å². The quantitative estimate of drug-likeness (QED) is 0.197. The number of phenolic OH excluding ortho intramolecular Hbond substituents is 1. The largest absolute Gasteiger partial charge is 0.507 e. The van der Waals surface area contributed by atoms with E-state index in [2.05, 4.69) is 16.0 Å². The molecule has 0 radical (unpaired) electrons. The first-order chi connectivity index (χ1) is 20.5. The number of aliphatic hydroxyl groups excluding tert-OH is 1. The van der Waals surface area contributed by atoms with E-state index in [1.807, 2.05) is 44.2 Å². The number of benzene rings is 2. The Hall–Kier alpha value is -3.46. The van der Waals surface area contributed by atoms with E-state index < -0.39 is 41.7 Å². The van der Waals surface area contributed by atoms with Crippen molar-refractivity contribution in [3.63, 3.8) is 0 Å². The van der Waals surface area contributed by atoms with Crippen molar-refractivity contribution in [3.05, 3.63) is 65.5 Å². The zero-order valence-corrected chi connectivity index (χ0v) is 25.7. The van der Waals surface area contributed by atoms with Crippen LogP contribution in [-0.4, -0.2) is 52.2 Å². The number of amides is 3. The van der Waals surface area contributed by atoms with E-state index in [0.29, 0.717) is 18.8 Å². The van der Waals surface area contributed by atoms with E-state index >= 15 is 0 Å². The number of aromatic hydroxyl groups is 1. The van der Waals surface area contributed by atoms with Crippen molar-refractivity contribution in [1.82, 2.24) is 16.0 Å². The van der Waals surface area contributed by atoms with Gasteiger partial charge in [0.2, 0.25) is 11.8 Å². The van der Waals surface area contributed by atoms with Gasteiger partial charge in [-0.05, 0) is 48.8 Å². The molecule has 3 amide bonds. The molecule has 0 aliphatic heterocycles. The summed E-state index contributed by atoms with van der Waals surface area (Å²) in [4.78, 5) is 38.3. The highest BCUT2D eigenvalue weighted by Gasteiger charge is 2.30. The van der Waals surface area contributed by atoms with E-state index in [4.69, 9.17) is 0 Å². The Kier molecular flexibility index (Phi) is 13.4. The Morgan fingerprint density at radius 2 is 1.67 bits per heavy atom. The van der Waals surface area contributed by atoms with Gasteiger partial charge in [-0.2, -0.15) is 0 Å². The zero-order valence-electron chi connectivity index (χ0n) is 25.7. The van der Waals surface area contributed by atoms with Gasteiger partial charge in [-0.25, -0.2) is 4.39 Å². The van der Waals surface area contributed by atoms with E-state index in [9.17, 15) is 29.0 Å². The Bertz CT molecular complexity index is 1190. The van der Waals surface area contributed by atoms with Gasteiger partial charge in [-0.15, -0.1) is 0 Å². The molecule has 0 spiro atoms. The summed E-state index contributed by atoms with van der Waals surface area (Å²) >= 11 is 0. The maximum atomic E-state index is 13.5. The maximum Gasteiger partial charge on any atom is 0.255 e. The molecule has 5 N–H and O–H groups in total. The average Bonchev–Trinajstić information content (AvgIpc) is 2.96. The van der Waals surface area contributed by atoms with Crippen molar-refractivity contribution in [1.29, 1.82) is 0 Å². The lowest BCUT2D eigenvalue weighted by Gasteiger charge is -2.30. The third-order valence-corrected chi connectivity index (χ3v) is 8.35. The fourth-order valence-electron chi connectivity index (χ4n) is 5.97. The monoisotopic (exact) mass is 597 g/mol. The van der Waals surface area contributed by atoms with Crippen LogP contribution < -0.4 is 16.0 Å². The average molecular weight is 598 g/mol. The molecular formula is C34H48FN3O5. The predicted octanol–water partition coefficient (Wildman–Crippen LogP) is 5.02. The normalized spacial score (nSPS) is 16.6. The number of nitrogens with one attached hydrogen (secondary N) is 3. The summed E-state index contributed by atoms with van der Waals surface area (Å²) in [7, 11) is 0. The first-order valence-electron chi connectivity index (χ1n) is 15.6. The van der Waals surface area contributed by atoms with Crippen molar-refractivity contribution in [2.45, 2.75) is 109 Å². The zero-order chi connectivity index (χ0) is 31.4. The number of aliphatic hydroxyl groups is 1. The van der Waals surface area contributed by atoms with E-state index in [1.165, 1.54) is 45.1 Å². The molecule has 1 aliphatic carbocycles. The Morgan fingerprint density at radius 1 is 0.977 bits per heavy atom. The molecule has 8 nitrogen and oxygen atoms in total. The fourth-order valence-corrected chi connectivity index (χ4v) is 5.97. The van der Waals surface area contributed by atoms with Crippen LogP contribution in [0.2, 0.25) is 0 Å². The number of halogens is 1. The molecule has 0 saturated heterocycles. The van der Waals surface area contributed by atoms with Crippen LogP contribution in [0.25, 0.3) is 0 Å². The molecule has 2 aromatic rings. The van der Waals surface area contributed by atoms with E-state index in [1.54, 1.807) is 0 Å². The van der Waals surface area contributed by atoms with Gasteiger partial charge in [0, 0.05) is 19.0 Å². The van der Waals surface area contributed by atoms with Crippen LogP contribution in [0.1, 0.15) is 94.5 Å². The van der Waals surface area contributed by atoms with Gasteiger partial charge in [0.05, 0.1) is 17.7 Å². The van der Waals surface area contributed by atoms with E-state index in [0.717, 1.165) is 30.5 Å². The standard InChI is InChI=1S/C34H48FN3O5/c1-22(2)32(36-23(3)39)34(43)37-27(16-10-15-24-11-6-4-7-12-24)21-31(41)29(19-25-13-8-5-9-14-25)38-33(42)28-18-17-26(35)20-30(28)40/h5,8-9,13-14,17-18,20,22,24,27,29,31-32,40-41H,4,6-7,10-12,15-16,19,21H2,1-3H3,(H,36,39)(H,37,43)(H,38,42)/t27-,29+,31-,32+/m1/s1. The molecule has 3 rings (SSSR count). The topological polar surface area (TPSA) is 128 Å². The second-order valence-electron chi connectivity index (χ2n) is 12.3. The summed E-state index contributed by atoms with van der Waals surface area (Å²) in [5.41, 5.74) is 0.790. The SMILES string of the molecule is CC(=O)N[C@H](C(=O)N[C@H](CCCC1CCCCC1)C[C@@H](O)[C@H](Cc1ccccc1)NC(=O)c1ccc(F)cc1O)C(C)C. The lowest BCUT2D eigenvalue weighted by Crippen LogP contribution is -2.53. The second kappa shape index (κ2) is 17.0. The summed E-state index contributed by atoms with van der Waals surface area (Å²) in [6, 6.07) is 10.7. The number of rotatable bonds is 15. The lowest BCUT2D eigenvalue weighted by atomic mass is 9.85. The van der Waals surface area contributed by atoms with Crippen LogP contribution in [0, 0.1) is 17.7 Å². The third-order valence-electron chi connectivity index (χ3n) is 8.35. The van der Waals surface area contributed by atoms with Gasteiger partial charge in [0.15, 0.2) is 0 Å². The minimum absolute atomic E-state index is 0.0981. The van der Waals surface area contributed by atoms with Crippen LogP contribution in [-0.2, 0) is 16.0 Å². The van der Waals surface area contributed by atoms with Gasteiger partial charge in [-0.3, -0.25) is 14.4 Å². The van der Waals surface area contributed by atoms with Crippen LogP contribution in [0.3, 0.4) is 0 Å². The molecule has 2 aromatic carbocycles. The van der Waals surface area contributed by atoms with Crippen LogP contribution in [0.4, 0.5) is 4.39 Å². The van der Waals surface area contributed by atoms with Crippen molar-refractivity contribution in [2.75, 3.05) is 0 Å². The highest BCUT2D eigenvalue weighted by atomic mass is 19.1. The number of hydrogen-bond acceptors (Lipinski definition) is 5. The molecule has 4 atom stereocenters. The smallest absolute Gasteiger partial charge is 0.255 e. The summed E-state index contributed by atoms with van der Waals surface area (Å²) < 4.78 is 13.5.